The Hall–Kier alpha value is -3.13. The van der Waals surface area contributed by atoms with Crippen LogP contribution in [0.2, 0.25) is 0 Å². The van der Waals surface area contributed by atoms with Gasteiger partial charge >= 0.3 is 0 Å². The van der Waals surface area contributed by atoms with E-state index in [-0.39, 0.29) is 23.3 Å². The number of amides is 1. The molecule has 29 heavy (non-hydrogen) atoms. The Kier molecular flexibility index (Phi) is 4.16. The van der Waals surface area contributed by atoms with Crippen LogP contribution in [-0.4, -0.2) is 36.9 Å². The van der Waals surface area contributed by atoms with Crippen molar-refractivity contribution in [3.63, 3.8) is 0 Å². The molecule has 1 aliphatic rings. The van der Waals surface area contributed by atoms with Gasteiger partial charge in [0.15, 0.2) is 5.16 Å². The van der Waals surface area contributed by atoms with Gasteiger partial charge in [0.25, 0.3) is 5.56 Å². The van der Waals surface area contributed by atoms with Gasteiger partial charge in [-0.25, -0.2) is 0 Å². The lowest BCUT2D eigenvalue weighted by Gasteiger charge is -2.22. The van der Waals surface area contributed by atoms with E-state index in [1.54, 1.807) is 13.1 Å². The van der Waals surface area contributed by atoms with Gasteiger partial charge in [0, 0.05) is 18.8 Å². The Morgan fingerprint density at radius 3 is 2.76 bits per heavy atom. The second kappa shape index (κ2) is 6.73. The van der Waals surface area contributed by atoms with Crippen LogP contribution < -0.4 is 10.5 Å². The number of anilines is 1. The molecule has 3 heterocycles. The van der Waals surface area contributed by atoms with Crippen LogP contribution in [0.15, 0.2) is 58.5 Å². The fourth-order valence-electron chi connectivity index (χ4n) is 4.05. The van der Waals surface area contributed by atoms with Crippen molar-refractivity contribution in [2.24, 2.45) is 7.05 Å². The standard InChI is InChI=1S/C21H19N5O2S/c1-13-11-14-7-3-5-9-16(14)25(13)18(27)12-29-21-23-22-20-24(2)19(28)15-8-4-6-10-17(15)26(20)21/h3-10,13H,11-12H2,1-2H3. The zero-order valence-electron chi connectivity index (χ0n) is 16.1. The van der Waals surface area contributed by atoms with Gasteiger partial charge < -0.3 is 4.90 Å². The highest BCUT2D eigenvalue weighted by Gasteiger charge is 2.30. The quantitative estimate of drug-likeness (QED) is 0.490. The number of fused-ring (bicyclic) bond motifs is 4. The molecule has 8 heteroatoms. The molecule has 2 aromatic heterocycles. The van der Waals surface area contributed by atoms with Crippen LogP contribution in [0.1, 0.15) is 12.5 Å². The molecular weight excluding hydrogens is 386 g/mol. The summed E-state index contributed by atoms with van der Waals surface area (Å²) in [5.41, 5.74) is 2.82. The molecule has 4 aromatic rings. The number of hydrogen-bond donors (Lipinski definition) is 0. The molecule has 0 bridgehead atoms. The van der Waals surface area contributed by atoms with Crippen LogP contribution in [0.5, 0.6) is 0 Å². The number of benzene rings is 2. The number of nitrogens with zero attached hydrogens (tertiary/aromatic N) is 5. The highest BCUT2D eigenvalue weighted by Crippen LogP contribution is 2.33. The van der Waals surface area contributed by atoms with Crippen molar-refractivity contribution in [2.75, 3.05) is 10.7 Å². The SMILES string of the molecule is CC1Cc2ccccc2N1C(=O)CSc1nnc2n(C)c(=O)c3ccccc3n12. The molecule has 1 aliphatic heterocycles. The Bertz CT molecular complexity index is 1330. The summed E-state index contributed by atoms with van der Waals surface area (Å²) in [4.78, 5) is 27.5. The minimum atomic E-state index is -0.115. The lowest BCUT2D eigenvalue weighted by atomic mass is 10.1. The molecule has 0 fully saturated rings. The van der Waals surface area contributed by atoms with E-state index >= 15 is 0 Å². The number of aromatic nitrogens is 4. The molecule has 1 amide bonds. The average Bonchev–Trinajstić information content (AvgIpc) is 3.30. The lowest BCUT2D eigenvalue weighted by molar-refractivity contribution is -0.116. The van der Waals surface area contributed by atoms with Crippen molar-refractivity contribution < 1.29 is 4.79 Å². The molecular formula is C21H19N5O2S. The molecule has 2 aromatic carbocycles. The lowest BCUT2D eigenvalue weighted by Crippen LogP contribution is -2.37. The van der Waals surface area contributed by atoms with Crippen molar-refractivity contribution in [3.8, 4) is 0 Å². The summed E-state index contributed by atoms with van der Waals surface area (Å²) in [5.74, 6) is 0.748. The van der Waals surface area contributed by atoms with Gasteiger partial charge in [-0.15, -0.1) is 10.2 Å². The number of carbonyl (C=O) groups is 1. The minimum Gasteiger partial charge on any atom is -0.308 e. The van der Waals surface area contributed by atoms with Crippen LogP contribution >= 0.6 is 11.8 Å². The second-order valence-electron chi connectivity index (χ2n) is 7.23. The predicted molar refractivity (Wildman–Crippen MR) is 114 cm³/mol. The summed E-state index contributed by atoms with van der Waals surface area (Å²) in [6.07, 6.45) is 0.868. The van der Waals surface area contributed by atoms with Gasteiger partial charge in [-0.05, 0) is 37.1 Å². The molecule has 5 rings (SSSR count). The van der Waals surface area contributed by atoms with Crippen LogP contribution in [-0.2, 0) is 18.3 Å². The molecule has 1 unspecified atom stereocenters. The highest BCUT2D eigenvalue weighted by molar-refractivity contribution is 7.99. The zero-order valence-corrected chi connectivity index (χ0v) is 16.9. The monoisotopic (exact) mass is 405 g/mol. The smallest absolute Gasteiger partial charge is 0.262 e. The third-order valence-electron chi connectivity index (χ3n) is 5.40. The normalized spacial score (nSPS) is 15.9. The first kappa shape index (κ1) is 17.9. The van der Waals surface area contributed by atoms with Gasteiger partial charge in [0.05, 0.1) is 16.7 Å². The highest BCUT2D eigenvalue weighted by atomic mass is 32.2. The van der Waals surface area contributed by atoms with E-state index in [1.165, 1.54) is 21.9 Å². The molecule has 1 atom stereocenters. The van der Waals surface area contributed by atoms with Crippen molar-refractivity contribution in [1.82, 2.24) is 19.2 Å². The first-order valence-corrected chi connectivity index (χ1v) is 10.4. The molecule has 0 saturated carbocycles. The van der Waals surface area contributed by atoms with E-state index in [4.69, 9.17) is 0 Å². The maximum Gasteiger partial charge on any atom is 0.262 e. The van der Waals surface area contributed by atoms with Crippen molar-refractivity contribution in [2.45, 2.75) is 24.5 Å². The fraction of sp³-hybridized carbons (Fsp3) is 0.238. The predicted octanol–water partition coefficient (Wildman–Crippen LogP) is 2.65. The zero-order chi connectivity index (χ0) is 20.1. The topological polar surface area (TPSA) is 72.5 Å². The van der Waals surface area contributed by atoms with Crippen LogP contribution in [0.25, 0.3) is 16.7 Å². The molecule has 146 valence electrons. The van der Waals surface area contributed by atoms with E-state index in [1.807, 2.05) is 45.7 Å². The van der Waals surface area contributed by atoms with Gasteiger partial charge in [-0.1, -0.05) is 42.1 Å². The van der Waals surface area contributed by atoms with Crippen LogP contribution in [0.4, 0.5) is 5.69 Å². The van der Waals surface area contributed by atoms with E-state index < -0.39 is 0 Å². The number of para-hydroxylation sites is 2. The van der Waals surface area contributed by atoms with E-state index in [9.17, 15) is 9.59 Å². The van der Waals surface area contributed by atoms with Crippen molar-refractivity contribution >= 4 is 40.0 Å². The summed E-state index contributed by atoms with van der Waals surface area (Å²) < 4.78 is 3.33. The number of aryl methyl sites for hydroxylation is 1. The molecule has 0 radical (unpaired) electrons. The number of thioether (sulfide) groups is 1. The first-order chi connectivity index (χ1) is 14.1. The van der Waals surface area contributed by atoms with Crippen molar-refractivity contribution in [1.29, 1.82) is 0 Å². The summed E-state index contributed by atoms with van der Waals surface area (Å²) in [7, 11) is 1.68. The summed E-state index contributed by atoms with van der Waals surface area (Å²) in [6, 6.07) is 15.6. The Morgan fingerprint density at radius 2 is 1.90 bits per heavy atom. The Balaban J connectivity index is 1.49. The number of hydrogen-bond acceptors (Lipinski definition) is 5. The maximum absolute atomic E-state index is 13.0. The number of carbonyl (C=O) groups excluding carboxylic acids is 1. The molecule has 0 N–H and O–H groups in total. The Morgan fingerprint density at radius 1 is 1.14 bits per heavy atom. The van der Waals surface area contributed by atoms with Gasteiger partial charge in [-0.2, -0.15) is 0 Å². The fourth-order valence-corrected chi connectivity index (χ4v) is 4.85. The van der Waals surface area contributed by atoms with Crippen molar-refractivity contribution in [3.05, 3.63) is 64.4 Å². The van der Waals surface area contributed by atoms with Gasteiger partial charge in [0.2, 0.25) is 11.7 Å². The average molecular weight is 405 g/mol. The van der Waals surface area contributed by atoms with Crippen LogP contribution in [0.3, 0.4) is 0 Å². The van der Waals surface area contributed by atoms with Crippen LogP contribution in [0, 0.1) is 0 Å². The molecule has 0 aliphatic carbocycles. The summed E-state index contributed by atoms with van der Waals surface area (Å²) >= 11 is 1.34. The molecule has 0 spiro atoms. The van der Waals surface area contributed by atoms with Gasteiger partial charge in [-0.3, -0.25) is 18.6 Å². The number of rotatable bonds is 3. The van der Waals surface area contributed by atoms with E-state index in [0.29, 0.717) is 16.3 Å². The second-order valence-corrected chi connectivity index (χ2v) is 8.18. The molecule has 0 saturated heterocycles. The third-order valence-corrected chi connectivity index (χ3v) is 6.31. The first-order valence-electron chi connectivity index (χ1n) is 9.42. The minimum absolute atomic E-state index is 0.0401. The summed E-state index contributed by atoms with van der Waals surface area (Å²) in [6.45, 7) is 2.07. The summed E-state index contributed by atoms with van der Waals surface area (Å²) in [5, 5.41) is 9.63. The Labute approximate surface area is 171 Å². The van der Waals surface area contributed by atoms with Gasteiger partial charge in [0.1, 0.15) is 0 Å². The molecule has 7 nitrogen and oxygen atoms in total. The van der Waals surface area contributed by atoms with E-state index in [0.717, 1.165) is 17.6 Å². The largest absolute Gasteiger partial charge is 0.308 e. The maximum atomic E-state index is 13.0. The third kappa shape index (κ3) is 2.74. The van der Waals surface area contributed by atoms with E-state index in [2.05, 4.69) is 23.2 Å².